The van der Waals surface area contributed by atoms with Crippen LogP contribution < -0.4 is 5.32 Å². The highest BCUT2D eigenvalue weighted by Crippen LogP contribution is 2.37. The van der Waals surface area contributed by atoms with Crippen molar-refractivity contribution >= 4 is 5.91 Å². The van der Waals surface area contributed by atoms with Gasteiger partial charge in [-0.1, -0.05) is 6.07 Å². The third kappa shape index (κ3) is 4.39. The lowest BCUT2D eigenvalue weighted by Crippen LogP contribution is -2.45. The van der Waals surface area contributed by atoms with Crippen molar-refractivity contribution in [2.75, 3.05) is 13.1 Å². The molecule has 0 unspecified atom stereocenters. The molecule has 0 spiro atoms. The molecule has 27 heavy (non-hydrogen) atoms. The van der Waals surface area contributed by atoms with E-state index in [0.717, 1.165) is 56.8 Å². The Kier molecular flexibility index (Phi) is 5.55. The third-order valence-electron chi connectivity index (χ3n) is 5.84. The van der Waals surface area contributed by atoms with E-state index >= 15 is 0 Å². The first kappa shape index (κ1) is 18.2. The van der Waals surface area contributed by atoms with Crippen molar-refractivity contribution in [2.24, 2.45) is 11.8 Å². The first-order valence-corrected chi connectivity index (χ1v) is 9.83. The van der Waals surface area contributed by atoms with E-state index in [0.29, 0.717) is 0 Å². The maximum Gasteiger partial charge on any atom is 0.223 e. The van der Waals surface area contributed by atoms with Crippen LogP contribution in [0.25, 0.3) is 0 Å². The number of piperidine rings is 1. The highest BCUT2D eigenvalue weighted by molar-refractivity contribution is 5.79. The zero-order chi connectivity index (χ0) is 18.6. The summed E-state index contributed by atoms with van der Waals surface area (Å²) in [5.74, 6) is 1.38. The number of carbonyl (C=O) groups excluding carboxylic acids is 1. The number of rotatable bonds is 6. The van der Waals surface area contributed by atoms with Crippen molar-refractivity contribution in [3.05, 3.63) is 54.2 Å². The molecule has 2 aromatic heterocycles. The van der Waals surface area contributed by atoms with Gasteiger partial charge in [0.15, 0.2) is 0 Å². The lowest BCUT2D eigenvalue weighted by Gasteiger charge is -2.39. The van der Waals surface area contributed by atoms with E-state index in [1.54, 1.807) is 12.5 Å². The Bertz CT molecular complexity index is 720. The molecule has 144 valence electrons. The van der Waals surface area contributed by atoms with Gasteiger partial charge in [0.05, 0.1) is 30.6 Å². The van der Waals surface area contributed by atoms with Crippen LogP contribution in [-0.4, -0.2) is 40.1 Å². The van der Waals surface area contributed by atoms with Crippen LogP contribution in [0, 0.1) is 11.8 Å². The Morgan fingerprint density at radius 2 is 2.07 bits per heavy atom. The van der Waals surface area contributed by atoms with Crippen LogP contribution in [0.4, 0.5) is 0 Å². The minimum Gasteiger partial charge on any atom is -0.468 e. The minimum absolute atomic E-state index is 0.0362. The summed E-state index contributed by atoms with van der Waals surface area (Å²) in [6.07, 6.45) is 6.37. The molecule has 1 aliphatic heterocycles. The summed E-state index contributed by atoms with van der Waals surface area (Å²) in [6, 6.07) is 9.58. The maximum atomic E-state index is 12.9. The predicted octanol–water partition coefficient (Wildman–Crippen LogP) is 2.52. The Morgan fingerprint density at radius 3 is 2.70 bits per heavy atom. The number of aliphatic hydroxyl groups excluding tert-OH is 1. The molecule has 0 aromatic carbocycles. The average molecular weight is 369 g/mol. The first-order valence-electron chi connectivity index (χ1n) is 9.83. The fourth-order valence-corrected chi connectivity index (χ4v) is 4.14. The number of nitrogens with zero attached hydrogens (tertiary/aromatic N) is 2. The molecule has 1 saturated heterocycles. The van der Waals surface area contributed by atoms with Gasteiger partial charge in [0, 0.05) is 12.1 Å². The van der Waals surface area contributed by atoms with Gasteiger partial charge in [-0.15, -0.1) is 0 Å². The number of carbonyl (C=O) groups is 1. The van der Waals surface area contributed by atoms with Gasteiger partial charge in [-0.3, -0.25) is 14.7 Å². The van der Waals surface area contributed by atoms with Crippen molar-refractivity contribution < 1.29 is 14.3 Å². The number of likely N-dealkylation sites (tertiary alicyclic amines) is 1. The van der Waals surface area contributed by atoms with Crippen LogP contribution in [0.15, 0.2) is 47.2 Å². The van der Waals surface area contributed by atoms with E-state index in [9.17, 15) is 9.90 Å². The van der Waals surface area contributed by atoms with Gasteiger partial charge in [-0.2, -0.15) is 0 Å². The third-order valence-corrected chi connectivity index (χ3v) is 5.84. The summed E-state index contributed by atoms with van der Waals surface area (Å²) in [5.41, 5.74) is 0.887. The highest BCUT2D eigenvalue weighted by atomic mass is 16.3. The molecule has 2 aliphatic rings. The Balaban J connectivity index is 1.33. The molecule has 0 bridgehead atoms. The van der Waals surface area contributed by atoms with Crippen LogP contribution in [0.2, 0.25) is 0 Å². The Hall–Kier alpha value is -2.18. The van der Waals surface area contributed by atoms with E-state index in [4.69, 9.17) is 4.42 Å². The second-order valence-corrected chi connectivity index (χ2v) is 7.76. The molecule has 1 aliphatic carbocycles. The van der Waals surface area contributed by atoms with Gasteiger partial charge in [-0.05, 0) is 69.0 Å². The van der Waals surface area contributed by atoms with Crippen LogP contribution in [0.3, 0.4) is 0 Å². The van der Waals surface area contributed by atoms with Crippen molar-refractivity contribution in [3.8, 4) is 0 Å². The largest absolute Gasteiger partial charge is 0.468 e. The second kappa shape index (κ2) is 8.23. The summed E-state index contributed by atoms with van der Waals surface area (Å²) in [7, 11) is 0. The fourth-order valence-electron chi connectivity index (χ4n) is 4.14. The average Bonchev–Trinajstić information content (AvgIpc) is 3.18. The smallest absolute Gasteiger partial charge is 0.223 e. The molecule has 2 aromatic rings. The Labute approximate surface area is 159 Å². The van der Waals surface area contributed by atoms with E-state index < -0.39 is 0 Å². The van der Waals surface area contributed by atoms with Gasteiger partial charge >= 0.3 is 0 Å². The molecule has 6 heteroatoms. The zero-order valence-corrected chi connectivity index (χ0v) is 15.5. The molecule has 3 heterocycles. The van der Waals surface area contributed by atoms with Crippen LogP contribution in [0.1, 0.15) is 43.2 Å². The molecule has 1 atom stereocenters. The molecule has 6 nitrogen and oxygen atoms in total. The normalized spacial score (nSPS) is 24.9. The number of hydrogen-bond donors (Lipinski definition) is 2. The molecule has 1 saturated carbocycles. The SMILES string of the molecule is O=C(N[C@H](c1ccccn1)C1CC(O)C1)C1CCN(Cc2ccco2)CC1. The van der Waals surface area contributed by atoms with Gasteiger partial charge < -0.3 is 14.8 Å². The van der Waals surface area contributed by atoms with Gasteiger partial charge in [-0.25, -0.2) is 0 Å². The van der Waals surface area contributed by atoms with Gasteiger partial charge in [0.25, 0.3) is 0 Å². The van der Waals surface area contributed by atoms with Crippen molar-refractivity contribution in [2.45, 2.75) is 44.4 Å². The summed E-state index contributed by atoms with van der Waals surface area (Å²) in [6.45, 7) is 2.60. The number of aromatic nitrogens is 1. The van der Waals surface area contributed by atoms with Crippen molar-refractivity contribution in [3.63, 3.8) is 0 Å². The highest BCUT2D eigenvalue weighted by Gasteiger charge is 2.37. The number of nitrogens with one attached hydrogen (secondary N) is 1. The van der Waals surface area contributed by atoms with E-state index in [1.807, 2.05) is 30.3 Å². The lowest BCUT2D eigenvalue weighted by atomic mass is 9.76. The van der Waals surface area contributed by atoms with Crippen LogP contribution in [-0.2, 0) is 11.3 Å². The van der Waals surface area contributed by atoms with Crippen LogP contribution in [0.5, 0.6) is 0 Å². The van der Waals surface area contributed by atoms with E-state index in [1.165, 1.54) is 0 Å². The van der Waals surface area contributed by atoms with Gasteiger partial charge in [0.2, 0.25) is 5.91 Å². The van der Waals surface area contributed by atoms with E-state index in [-0.39, 0.29) is 29.9 Å². The minimum atomic E-state index is -0.247. The first-order chi connectivity index (χ1) is 13.2. The monoisotopic (exact) mass is 369 g/mol. The fraction of sp³-hybridized carbons (Fsp3) is 0.524. The standard InChI is InChI=1S/C21H27N3O3/c25-17-12-16(13-17)20(19-5-1-2-8-22-19)23-21(26)15-6-9-24(10-7-15)14-18-4-3-11-27-18/h1-5,8,11,15-17,20,25H,6-7,9-10,12-14H2,(H,23,26)/t16?,17?,20-/m0/s1. The number of pyridine rings is 1. The molecular formula is C21H27N3O3. The summed E-state index contributed by atoms with van der Waals surface area (Å²) < 4.78 is 5.42. The van der Waals surface area contributed by atoms with Crippen LogP contribution >= 0.6 is 0 Å². The summed E-state index contributed by atoms with van der Waals surface area (Å²) in [5, 5.41) is 12.9. The quantitative estimate of drug-likeness (QED) is 0.818. The molecule has 1 amide bonds. The number of hydrogen-bond acceptors (Lipinski definition) is 5. The zero-order valence-electron chi connectivity index (χ0n) is 15.5. The Morgan fingerprint density at radius 1 is 1.26 bits per heavy atom. The number of aliphatic hydroxyl groups is 1. The van der Waals surface area contributed by atoms with Gasteiger partial charge in [0.1, 0.15) is 5.76 Å². The van der Waals surface area contributed by atoms with Crippen molar-refractivity contribution in [1.29, 1.82) is 0 Å². The topological polar surface area (TPSA) is 78.6 Å². The molecule has 0 radical (unpaired) electrons. The number of amides is 1. The molecule has 4 rings (SSSR count). The molecular weight excluding hydrogens is 342 g/mol. The molecule has 2 N–H and O–H groups in total. The lowest BCUT2D eigenvalue weighted by molar-refractivity contribution is -0.128. The maximum absolute atomic E-state index is 12.9. The van der Waals surface area contributed by atoms with Crippen molar-refractivity contribution in [1.82, 2.24) is 15.2 Å². The molecule has 2 fully saturated rings. The number of furan rings is 1. The summed E-state index contributed by atoms with van der Waals surface area (Å²) in [4.78, 5) is 19.7. The second-order valence-electron chi connectivity index (χ2n) is 7.76. The summed E-state index contributed by atoms with van der Waals surface area (Å²) >= 11 is 0. The predicted molar refractivity (Wildman–Crippen MR) is 101 cm³/mol. The van der Waals surface area contributed by atoms with E-state index in [2.05, 4.69) is 15.2 Å².